The predicted molar refractivity (Wildman–Crippen MR) is 72.2 cm³/mol. The van der Waals surface area contributed by atoms with Gasteiger partial charge in [-0.1, -0.05) is 6.07 Å². The average Bonchev–Trinajstić information content (AvgIpc) is 2.92. The van der Waals surface area contributed by atoms with Crippen molar-refractivity contribution in [3.63, 3.8) is 0 Å². The molecule has 0 spiro atoms. The van der Waals surface area contributed by atoms with Crippen LogP contribution < -0.4 is 10.1 Å². The Labute approximate surface area is 117 Å². The second kappa shape index (κ2) is 6.69. The maximum Gasteiger partial charge on any atom is 0.339 e. The van der Waals surface area contributed by atoms with Crippen LogP contribution in [-0.2, 0) is 16.0 Å². The summed E-state index contributed by atoms with van der Waals surface area (Å²) in [5, 5.41) is 12.5. The van der Waals surface area contributed by atoms with Crippen molar-refractivity contribution in [3.05, 3.63) is 29.3 Å². The van der Waals surface area contributed by atoms with Crippen LogP contribution in [0.3, 0.4) is 0 Å². The largest absolute Gasteiger partial charge is 0.496 e. The summed E-state index contributed by atoms with van der Waals surface area (Å²) in [6.45, 7) is 1.73. The lowest BCUT2D eigenvalue weighted by Gasteiger charge is -2.18. The van der Waals surface area contributed by atoms with Crippen LogP contribution in [0.15, 0.2) is 18.2 Å². The van der Waals surface area contributed by atoms with Gasteiger partial charge in [-0.05, 0) is 17.7 Å². The Kier molecular flexibility index (Phi) is 4.94. The van der Waals surface area contributed by atoms with Crippen LogP contribution in [0.5, 0.6) is 5.75 Å². The fraction of sp³-hybridized carbons (Fsp3) is 0.500. The molecule has 1 aromatic carbocycles. The molecule has 0 bridgehead atoms. The van der Waals surface area contributed by atoms with E-state index in [0.717, 1.165) is 5.56 Å². The molecule has 1 aliphatic rings. The molecule has 1 aromatic rings. The summed E-state index contributed by atoms with van der Waals surface area (Å²) in [6, 6.07) is 5.25. The van der Waals surface area contributed by atoms with E-state index in [0.29, 0.717) is 25.5 Å². The molecule has 6 heteroatoms. The predicted octanol–water partition coefficient (Wildman–Crippen LogP) is 0.897. The van der Waals surface area contributed by atoms with E-state index >= 15 is 0 Å². The monoisotopic (exact) mass is 281 g/mol. The molecular formula is C14H19NO5. The van der Waals surface area contributed by atoms with Crippen molar-refractivity contribution in [2.45, 2.75) is 18.7 Å². The number of methoxy groups -OCH3 is 2. The van der Waals surface area contributed by atoms with Crippen LogP contribution >= 0.6 is 0 Å². The van der Waals surface area contributed by atoms with E-state index in [-0.39, 0.29) is 17.7 Å². The van der Waals surface area contributed by atoms with Gasteiger partial charge in [0.1, 0.15) is 11.3 Å². The first-order chi connectivity index (χ1) is 9.65. The number of hydrogen-bond acceptors (Lipinski definition) is 5. The molecule has 0 aromatic heterocycles. The van der Waals surface area contributed by atoms with Crippen molar-refractivity contribution < 1.29 is 24.1 Å². The summed E-state index contributed by atoms with van der Waals surface area (Å²) in [7, 11) is 3.11. The Balaban J connectivity index is 2.03. The molecule has 1 heterocycles. The van der Waals surface area contributed by atoms with Crippen LogP contribution in [0.25, 0.3) is 0 Å². The fourth-order valence-electron chi connectivity index (χ4n) is 2.24. The van der Waals surface area contributed by atoms with Gasteiger partial charge in [-0.3, -0.25) is 0 Å². The number of rotatable bonds is 6. The molecule has 1 fully saturated rings. The summed E-state index contributed by atoms with van der Waals surface area (Å²) in [5.74, 6) is -0.636. The average molecular weight is 281 g/mol. The minimum Gasteiger partial charge on any atom is -0.496 e. The van der Waals surface area contributed by atoms with E-state index in [2.05, 4.69) is 5.32 Å². The van der Waals surface area contributed by atoms with Gasteiger partial charge < -0.3 is 24.6 Å². The van der Waals surface area contributed by atoms with Crippen molar-refractivity contribution >= 4 is 5.97 Å². The highest BCUT2D eigenvalue weighted by molar-refractivity contribution is 5.91. The maximum atomic E-state index is 11.2. The number of hydrogen-bond donors (Lipinski definition) is 2. The van der Waals surface area contributed by atoms with Gasteiger partial charge in [0.25, 0.3) is 0 Å². The first kappa shape index (κ1) is 14.8. The highest BCUT2D eigenvalue weighted by Crippen LogP contribution is 2.20. The van der Waals surface area contributed by atoms with Crippen LogP contribution in [0, 0.1) is 0 Å². The molecule has 110 valence electrons. The molecule has 1 saturated heterocycles. The van der Waals surface area contributed by atoms with Crippen LogP contribution in [0.4, 0.5) is 0 Å². The van der Waals surface area contributed by atoms with E-state index in [1.54, 1.807) is 19.2 Å². The fourth-order valence-corrected chi connectivity index (χ4v) is 2.24. The minimum atomic E-state index is -0.998. The van der Waals surface area contributed by atoms with E-state index in [4.69, 9.17) is 19.3 Å². The van der Waals surface area contributed by atoms with Gasteiger partial charge in [-0.2, -0.15) is 0 Å². The Bertz CT molecular complexity index is 477. The number of carboxylic acids is 1. The van der Waals surface area contributed by atoms with Crippen molar-refractivity contribution in [3.8, 4) is 5.75 Å². The molecule has 6 nitrogen and oxygen atoms in total. The van der Waals surface area contributed by atoms with E-state index < -0.39 is 5.97 Å². The number of carbonyl (C=O) groups is 1. The van der Waals surface area contributed by atoms with Gasteiger partial charge in [-0.25, -0.2) is 4.79 Å². The van der Waals surface area contributed by atoms with E-state index in [9.17, 15) is 4.79 Å². The minimum absolute atomic E-state index is 0.0344. The zero-order valence-corrected chi connectivity index (χ0v) is 11.6. The Morgan fingerprint density at radius 2 is 2.25 bits per heavy atom. The summed E-state index contributed by atoms with van der Waals surface area (Å²) in [5.41, 5.74) is 1.04. The first-order valence-electron chi connectivity index (χ1n) is 6.40. The van der Waals surface area contributed by atoms with Crippen LogP contribution in [0.1, 0.15) is 15.9 Å². The quantitative estimate of drug-likeness (QED) is 0.806. The smallest absolute Gasteiger partial charge is 0.339 e. The zero-order chi connectivity index (χ0) is 14.5. The normalized spacial score (nSPS) is 21.9. The third kappa shape index (κ3) is 3.27. The standard InChI is InChI=1S/C14H19NO5/c1-18-12-4-3-9(5-10(12)14(16)17)6-15-11-7-20-8-13(11)19-2/h3-5,11,13,15H,6-8H2,1-2H3,(H,16,17)/t11-,13-/m0/s1. The lowest BCUT2D eigenvalue weighted by Crippen LogP contribution is -2.39. The van der Waals surface area contributed by atoms with E-state index in [1.165, 1.54) is 7.11 Å². The van der Waals surface area contributed by atoms with Gasteiger partial charge >= 0.3 is 5.97 Å². The molecule has 0 radical (unpaired) electrons. The summed E-state index contributed by atoms with van der Waals surface area (Å²) in [4.78, 5) is 11.2. The van der Waals surface area contributed by atoms with Crippen LogP contribution in [0.2, 0.25) is 0 Å². The number of nitrogens with one attached hydrogen (secondary N) is 1. The Hall–Kier alpha value is -1.63. The second-order valence-corrected chi connectivity index (χ2v) is 4.64. The Morgan fingerprint density at radius 3 is 2.90 bits per heavy atom. The molecular weight excluding hydrogens is 262 g/mol. The third-order valence-corrected chi connectivity index (χ3v) is 3.39. The van der Waals surface area contributed by atoms with Gasteiger partial charge in [0.05, 0.1) is 32.5 Å². The van der Waals surface area contributed by atoms with E-state index in [1.807, 2.05) is 6.07 Å². The topological polar surface area (TPSA) is 77.0 Å². The molecule has 2 N–H and O–H groups in total. The first-order valence-corrected chi connectivity index (χ1v) is 6.40. The van der Waals surface area contributed by atoms with Crippen molar-refractivity contribution in [1.29, 1.82) is 0 Å². The highest BCUT2D eigenvalue weighted by Gasteiger charge is 2.27. The molecule has 0 aliphatic carbocycles. The van der Waals surface area contributed by atoms with Crippen molar-refractivity contribution in [2.75, 3.05) is 27.4 Å². The highest BCUT2D eigenvalue weighted by atomic mass is 16.5. The van der Waals surface area contributed by atoms with Gasteiger partial charge in [0, 0.05) is 13.7 Å². The maximum absolute atomic E-state index is 11.2. The van der Waals surface area contributed by atoms with Gasteiger partial charge in [-0.15, -0.1) is 0 Å². The number of ether oxygens (including phenoxy) is 3. The van der Waals surface area contributed by atoms with Crippen molar-refractivity contribution in [2.24, 2.45) is 0 Å². The summed E-state index contributed by atoms with van der Waals surface area (Å²) in [6.07, 6.45) is 0.0344. The molecule has 0 amide bonds. The van der Waals surface area contributed by atoms with Gasteiger partial charge in [0.2, 0.25) is 0 Å². The van der Waals surface area contributed by atoms with Gasteiger partial charge in [0.15, 0.2) is 0 Å². The molecule has 2 rings (SSSR count). The SMILES string of the molecule is COc1ccc(CN[C@H]2COC[C@@H]2OC)cc1C(=O)O. The molecule has 2 atom stereocenters. The molecule has 0 saturated carbocycles. The lowest BCUT2D eigenvalue weighted by molar-refractivity contribution is 0.0693. The molecule has 0 unspecified atom stereocenters. The summed E-state index contributed by atoms with van der Waals surface area (Å²) < 4.78 is 15.7. The van der Waals surface area contributed by atoms with Crippen molar-refractivity contribution in [1.82, 2.24) is 5.32 Å². The van der Waals surface area contributed by atoms with Crippen LogP contribution in [-0.4, -0.2) is 50.7 Å². The number of carboxylic acid groups (broad SMARTS) is 1. The molecule has 1 aliphatic heterocycles. The number of benzene rings is 1. The third-order valence-electron chi connectivity index (χ3n) is 3.39. The zero-order valence-electron chi connectivity index (χ0n) is 11.6. The summed E-state index contributed by atoms with van der Waals surface area (Å²) >= 11 is 0. The lowest BCUT2D eigenvalue weighted by atomic mass is 10.1. The number of aromatic carboxylic acids is 1. The Morgan fingerprint density at radius 1 is 1.45 bits per heavy atom. The molecule has 20 heavy (non-hydrogen) atoms. The second-order valence-electron chi connectivity index (χ2n) is 4.64.